The molecule has 0 N–H and O–H groups in total. The van der Waals surface area contributed by atoms with E-state index in [-0.39, 0.29) is 36.1 Å². The topological polar surface area (TPSA) is 126 Å². The van der Waals surface area contributed by atoms with Crippen LogP contribution in [0.2, 0.25) is 25.7 Å². The van der Waals surface area contributed by atoms with Gasteiger partial charge in [0.2, 0.25) is 0 Å². The summed E-state index contributed by atoms with van der Waals surface area (Å²) in [5.41, 5.74) is 0.994. The van der Waals surface area contributed by atoms with Gasteiger partial charge in [-0.25, -0.2) is 28.3 Å². The van der Waals surface area contributed by atoms with Crippen molar-refractivity contribution in [2.45, 2.75) is 143 Å². The van der Waals surface area contributed by atoms with Gasteiger partial charge in [-0.3, -0.25) is 9.80 Å². The van der Waals surface area contributed by atoms with E-state index in [2.05, 4.69) is 19.6 Å². The molecular weight excluding hydrogens is 815 g/mol. The minimum atomic E-state index is -1.38. The van der Waals surface area contributed by atoms with Crippen molar-refractivity contribution >= 4 is 42.3 Å². The van der Waals surface area contributed by atoms with Crippen molar-refractivity contribution < 1.29 is 41.7 Å². The molecule has 336 valence electrons. The Morgan fingerprint density at radius 1 is 0.726 bits per heavy atom. The van der Waals surface area contributed by atoms with Crippen LogP contribution in [0, 0.1) is 11.6 Å². The van der Waals surface area contributed by atoms with Crippen LogP contribution in [0.3, 0.4) is 0 Å². The number of furan rings is 1. The number of imidazole rings is 2. The second-order valence-corrected chi connectivity index (χ2v) is 25.3. The Morgan fingerprint density at radius 3 is 1.56 bits per heavy atom. The van der Waals surface area contributed by atoms with E-state index in [1.54, 1.807) is 34.1 Å². The number of nitrogens with zero attached hydrogens (tertiary/aromatic N) is 6. The Hall–Kier alpha value is -4.80. The van der Waals surface area contributed by atoms with Crippen LogP contribution in [-0.2, 0) is 32.4 Å². The number of aromatic nitrogens is 4. The van der Waals surface area contributed by atoms with Crippen LogP contribution in [0.25, 0.3) is 44.7 Å². The Morgan fingerprint density at radius 2 is 1.16 bits per heavy atom. The Kier molecular flexibility index (Phi) is 13.0. The minimum Gasteiger partial charge on any atom is -0.456 e. The number of likely N-dealkylation sites (tertiary alicyclic amines) is 2. The minimum absolute atomic E-state index is 0.131. The average molecular weight is 877 g/mol. The first-order chi connectivity index (χ1) is 29.2. The third-order valence-corrected chi connectivity index (χ3v) is 12.7. The molecule has 0 saturated carbocycles. The molecule has 2 amide bonds. The van der Waals surface area contributed by atoms with E-state index in [1.165, 1.54) is 12.1 Å². The van der Waals surface area contributed by atoms with Crippen LogP contribution in [0.15, 0.2) is 40.8 Å². The molecule has 0 aliphatic carbocycles. The van der Waals surface area contributed by atoms with Crippen LogP contribution >= 0.6 is 0 Å². The fourth-order valence-electron chi connectivity index (χ4n) is 8.10. The van der Waals surface area contributed by atoms with Crippen molar-refractivity contribution in [2.24, 2.45) is 0 Å². The van der Waals surface area contributed by atoms with Crippen molar-refractivity contribution in [1.82, 2.24) is 28.9 Å². The van der Waals surface area contributed by atoms with Gasteiger partial charge in [0.05, 0.1) is 45.3 Å². The molecule has 5 aromatic rings. The van der Waals surface area contributed by atoms with Crippen LogP contribution < -0.4 is 0 Å². The third-order valence-electron chi connectivity index (χ3n) is 11.0. The molecule has 16 heteroatoms. The van der Waals surface area contributed by atoms with Crippen LogP contribution in [0.1, 0.15) is 104 Å². The summed E-state index contributed by atoms with van der Waals surface area (Å²) in [6.45, 7) is 22.2. The molecule has 2 fully saturated rings. The summed E-state index contributed by atoms with van der Waals surface area (Å²) in [5, 5.41) is 0. The summed E-state index contributed by atoms with van der Waals surface area (Å²) in [5.74, 6) is 0.440. The predicted molar refractivity (Wildman–Crippen MR) is 236 cm³/mol. The molecule has 0 radical (unpaired) electrons. The summed E-state index contributed by atoms with van der Waals surface area (Å²) >= 11 is 0. The van der Waals surface area contributed by atoms with Gasteiger partial charge in [-0.1, -0.05) is 26.6 Å². The number of carbonyl (C=O) groups excluding carboxylic acids is 2. The number of carbonyl (C=O) groups is 2. The maximum Gasteiger partial charge on any atom is 0.410 e. The summed E-state index contributed by atoms with van der Waals surface area (Å²) < 4.78 is 66.2. The predicted octanol–water partition coefficient (Wildman–Crippen LogP) is 11.4. The Balaban J connectivity index is 1.23. The normalized spacial score (nSPS) is 17.5. The Labute approximate surface area is 363 Å². The van der Waals surface area contributed by atoms with Gasteiger partial charge in [0.1, 0.15) is 59.5 Å². The van der Waals surface area contributed by atoms with E-state index in [0.717, 1.165) is 25.3 Å². The van der Waals surface area contributed by atoms with Gasteiger partial charge < -0.3 is 32.5 Å². The van der Waals surface area contributed by atoms with Gasteiger partial charge in [-0.05, 0) is 104 Å². The molecular formula is C46H62F2N6O7Si. The molecule has 0 spiro atoms. The number of amides is 2. The fraction of sp³-hybridized carbons (Fsp3) is 0.565. The highest BCUT2D eigenvalue weighted by atomic mass is 28.3. The number of hydrogen-bond acceptors (Lipinski definition) is 9. The third kappa shape index (κ3) is 10.0. The first-order valence-corrected chi connectivity index (χ1v) is 25.6. The second kappa shape index (κ2) is 17.8. The Bertz CT molecular complexity index is 2420. The first-order valence-electron chi connectivity index (χ1n) is 21.9. The van der Waals surface area contributed by atoms with E-state index in [9.17, 15) is 9.59 Å². The van der Waals surface area contributed by atoms with Crippen LogP contribution in [0.4, 0.5) is 18.4 Å². The van der Waals surface area contributed by atoms with Gasteiger partial charge in [0, 0.05) is 46.5 Å². The molecule has 3 aromatic heterocycles. The summed E-state index contributed by atoms with van der Waals surface area (Å²) in [4.78, 5) is 40.0. The van der Waals surface area contributed by atoms with Crippen molar-refractivity contribution in [1.29, 1.82) is 0 Å². The lowest BCUT2D eigenvalue weighted by atomic mass is 10.1. The zero-order valence-electron chi connectivity index (χ0n) is 37.9. The number of hydrogen-bond donors (Lipinski definition) is 0. The maximum absolute atomic E-state index is 16.4. The van der Waals surface area contributed by atoms with E-state index >= 15 is 8.78 Å². The van der Waals surface area contributed by atoms with Gasteiger partial charge in [-0.15, -0.1) is 0 Å². The lowest BCUT2D eigenvalue weighted by Crippen LogP contribution is -2.37. The van der Waals surface area contributed by atoms with E-state index in [0.29, 0.717) is 72.9 Å². The zero-order chi connectivity index (χ0) is 44.7. The van der Waals surface area contributed by atoms with Crippen molar-refractivity contribution in [3.63, 3.8) is 0 Å². The fourth-order valence-corrected chi connectivity index (χ4v) is 8.85. The van der Waals surface area contributed by atoms with E-state index < -0.39 is 55.2 Å². The first kappa shape index (κ1) is 45.2. The standard InChI is InChI=1S/C46H62F2N6O7Si/c1-11-20-57-27-53-37-25-31(47)29(23-33(37)49-41(53)35-14-12-18-51(35)43(55)60-45(2,3)4)39-16-17-40(59-39)30-24-34-38(26-32(30)48)54(28-58-21-22-62(8,9)10)42(50-34)36-15-13-19-52(36)44(56)61-46(5,6)7/h16-17,23-26,35-36H,11-15,18-22,27-28H2,1-10H3. The highest BCUT2D eigenvalue weighted by molar-refractivity contribution is 6.76. The molecule has 2 aliphatic rings. The quantitative estimate of drug-likeness (QED) is 0.0839. The lowest BCUT2D eigenvalue weighted by Gasteiger charge is -2.28. The molecule has 2 aliphatic heterocycles. The molecule has 2 unspecified atom stereocenters. The lowest BCUT2D eigenvalue weighted by molar-refractivity contribution is 0.0195. The molecule has 13 nitrogen and oxygen atoms in total. The highest BCUT2D eigenvalue weighted by Gasteiger charge is 2.38. The average Bonchev–Trinajstić information content (AvgIpc) is 4.01. The van der Waals surface area contributed by atoms with Crippen molar-refractivity contribution in [2.75, 3.05) is 26.3 Å². The van der Waals surface area contributed by atoms with E-state index in [4.69, 9.17) is 33.3 Å². The van der Waals surface area contributed by atoms with Crippen LogP contribution in [-0.4, -0.2) is 86.7 Å². The molecule has 2 aromatic carbocycles. The molecule has 0 bridgehead atoms. The number of benzene rings is 2. The second-order valence-electron chi connectivity index (χ2n) is 19.7. The highest BCUT2D eigenvalue weighted by Crippen LogP contribution is 2.40. The molecule has 2 saturated heterocycles. The molecule has 2 atom stereocenters. The SMILES string of the molecule is CCCOCn1c(C2CCCN2C(=O)OC(C)(C)C)nc2cc(-c3ccc(-c4cc5nc(C6CCCN6C(=O)OC(C)(C)C)n(COCC[Si](C)(C)C)c5cc4F)o3)c(F)cc21. The zero-order valence-corrected chi connectivity index (χ0v) is 38.9. The molecule has 5 heterocycles. The van der Waals surface area contributed by atoms with Gasteiger partial charge in [0.15, 0.2) is 0 Å². The number of fused-ring (bicyclic) bond motifs is 2. The summed E-state index contributed by atoms with van der Waals surface area (Å²) in [6.07, 6.45) is 2.80. The summed E-state index contributed by atoms with van der Waals surface area (Å²) in [7, 11) is -1.38. The number of rotatable bonds is 13. The van der Waals surface area contributed by atoms with Crippen LogP contribution in [0.5, 0.6) is 0 Å². The smallest absolute Gasteiger partial charge is 0.410 e. The van der Waals surface area contributed by atoms with Crippen molar-refractivity contribution in [3.8, 4) is 22.6 Å². The molecule has 62 heavy (non-hydrogen) atoms. The summed E-state index contributed by atoms with van der Waals surface area (Å²) in [6, 6.07) is 9.47. The monoisotopic (exact) mass is 876 g/mol. The number of ether oxygens (including phenoxy) is 4. The van der Waals surface area contributed by atoms with Gasteiger partial charge in [-0.2, -0.15) is 0 Å². The largest absolute Gasteiger partial charge is 0.456 e. The number of halogens is 2. The van der Waals surface area contributed by atoms with E-state index in [1.807, 2.05) is 57.6 Å². The van der Waals surface area contributed by atoms with Crippen molar-refractivity contribution in [3.05, 3.63) is 59.7 Å². The maximum atomic E-state index is 16.4. The van der Waals surface area contributed by atoms with Gasteiger partial charge in [0.25, 0.3) is 0 Å². The molecule has 7 rings (SSSR count). The van der Waals surface area contributed by atoms with Gasteiger partial charge >= 0.3 is 12.2 Å².